The van der Waals surface area contributed by atoms with Crippen LogP contribution in [0.15, 0.2) is 28.7 Å². The van der Waals surface area contributed by atoms with Crippen molar-refractivity contribution < 1.29 is 9.90 Å². The molecule has 6 nitrogen and oxygen atoms in total. The predicted octanol–water partition coefficient (Wildman–Crippen LogP) is 1.12. The number of carboxylic acid groups (broad SMARTS) is 1. The lowest BCUT2D eigenvalue weighted by molar-refractivity contribution is 0.0680. The summed E-state index contributed by atoms with van der Waals surface area (Å²) in [6, 6.07) is 6.99. The van der Waals surface area contributed by atoms with E-state index in [0.717, 1.165) is 9.15 Å². The third kappa shape index (κ3) is 1.86. The van der Waals surface area contributed by atoms with Gasteiger partial charge in [0.25, 0.3) is 5.82 Å². The molecule has 76 valence electrons. The molecule has 0 saturated heterocycles. The zero-order valence-corrected chi connectivity index (χ0v) is 8.92. The molecule has 0 amide bonds. The van der Waals surface area contributed by atoms with E-state index in [0.29, 0.717) is 5.69 Å². The number of carboxylic acids is 1. The third-order valence-corrected chi connectivity index (χ3v) is 2.26. The summed E-state index contributed by atoms with van der Waals surface area (Å²) in [5.74, 6) is -1.37. The average molecular weight is 269 g/mol. The number of hydrogen-bond donors (Lipinski definition) is 1. The minimum Gasteiger partial charge on any atom is -0.475 e. The summed E-state index contributed by atoms with van der Waals surface area (Å²) < 4.78 is 2.06. The first-order valence-corrected chi connectivity index (χ1v) is 4.75. The minimum atomic E-state index is -1.16. The molecule has 0 aliphatic heterocycles. The molecular formula is C8H5BrN4O2. The lowest BCUT2D eigenvalue weighted by Crippen LogP contribution is -2.09. The van der Waals surface area contributed by atoms with E-state index in [1.807, 2.05) is 0 Å². The van der Waals surface area contributed by atoms with Gasteiger partial charge in [-0.15, -0.1) is 5.10 Å². The minimum absolute atomic E-state index is 0.211. The van der Waals surface area contributed by atoms with E-state index in [4.69, 9.17) is 5.11 Å². The van der Waals surface area contributed by atoms with Gasteiger partial charge in [-0.1, -0.05) is 15.9 Å². The van der Waals surface area contributed by atoms with Crippen LogP contribution in [0, 0.1) is 0 Å². The Morgan fingerprint density at radius 2 is 2.00 bits per heavy atom. The maximum Gasteiger partial charge on any atom is 0.376 e. The van der Waals surface area contributed by atoms with Gasteiger partial charge >= 0.3 is 5.97 Å². The van der Waals surface area contributed by atoms with E-state index >= 15 is 0 Å². The Bertz CT molecular complexity index is 494. The molecule has 7 heteroatoms. The second kappa shape index (κ2) is 3.77. The number of aromatic nitrogens is 4. The molecule has 15 heavy (non-hydrogen) atoms. The summed E-state index contributed by atoms with van der Waals surface area (Å²) in [6.07, 6.45) is 0. The van der Waals surface area contributed by atoms with Crippen LogP contribution in [-0.2, 0) is 0 Å². The number of tetrazole rings is 1. The normalized spacial score (nSPS) is 10.2. The smallest absolute Gasteiger partial charge is 0.376 e. The van der Waals surface area contributed by atoms with E-state index in [-0.39, 0.29) is 5.82 Å². The molecule has 0 spiro atoms. The van der Waals surface area contributed by atoms with Gasteiger partial charge in [0.2, 0.25) is 0 Å². The predicted molar refractivity (Wildman–Crippen MR) is 53.8 cm³/mol. The third-order valence-electron chi connectivity index (χ3n) is 1.73. The van der Waals surface area contributed by atoms with Crippen LogP contribution in [0.25, 0.3) is 5.69 Å². The highest BCUT2D eigenvalue weighted by Gasteiger charge is 2.14. The first-order valence-electron chi connectivity index (χ1n) is 3.96. The molecule has 0 atom stereocenters. The van der Waals surface area contributed by atoms with Crippen molar-refractivity contribution in [2.24, 2.45) is 0 Å². The Kier molecular flexibility index (Phi) is 2.46. The van der Waals surface area contributed by atoms with E-state index in [9.17, 15) is 4.79 Å². The van der Waals surface area contributed by atoms with Crippen LogP contribution in [-0.4, -0.2) is 31.3 Å². The summed E-state index contributed by atoms with van der Waals surface area (Å²) >= 11 is 3.28. The van der Waals surface area contributed by atoms with E-state index in [1.165, 1.54) is 0 Å². The average Bonchev–Trinajstić information content (AvgIpc) is 2.67. The van der Waals surface area contributed by atoms with Gasteiger partial charge in [-0.3, -0.25) is 0 Å². The Balaban J connectivity index is 2.49. The van der Waals surface area contributed by atoms with E-state index in [2.05, 4.69) is 31.5 Å². The molecule has 1 heterocycles. The Labute approximate surface area is 92.7 Å². The second-order valence-corrected chi connectivity index (χ2v) is 3.61. The van der Waals surface area contributed by atoms with Crippen LogP contribution in [0.4, 0.5) is 0 Å². The first-order chi connectivity index (χ1) is 7.18. The maximum atomic E-state index is 10.8. The second-order valence-electron chi connectivity index (χ2n) is 2.70. The highest BCUT2D eigenvalue weighted by atomic mass is 79.9. The maximum absolute atomic E-state index is 10.8. The van der Waals surface area contributed by atoms with E-state index < -0.39 is 5.97 Å². The molecule has 0 aliphatic carbocycles. The van der Waals surface area contributed by atoms with Crippen molar-refractivity contribution in [3.63, 3.8) is 0 Å². The summed E-state index contributed by atoms with van der Waals surface area (Å²) in [6.45, 7) is 0. The molecule has 1 aromatic heterocycles. The van der Waals surface area contributed by atoms with Gasteiger partial charge in [-0.05, 0) is 34.7 Å². The van der Waals surface area contributed by atoms with Gasteiger partial charge in [0, 0.05) is 4.47 Å². The zero-order chi connectivity index (χ0) is 10.8. The van der Waals surface area contributed by atoms with Crippen LogP contribution in [0.3, 0.4) is 0 Å². The van der Waals surface area contributed by atoms with Crippen LogP contribution in [0.1, 0.15) is 10.6 Å². The van der Waals surface area contributed by atoms with E-state index in [1.54, 1.807) is 24.3 Å². The molecule has 0 radical (unpaired) electrons. The quantitative estimate of drug-likeness (QED) is 0.883. The Morgan fingerprint density at radius 1 is 1.33 bits per heavy atom. The molecule has 1 aromatic carbocycles. The van der Waals surface area contributed by atoms with Crippen LogP contribution >= 0.6 is 15.9 Å². The van der Waals surface area contributed by atoms with Crippen molar-refractivity contribution in [3.05, 3.63) is 34.6 Å². The molecule has 0 fully saturated rings. The topological polar surface area (TPSA) is 80.9 Å². The molecule has 0 saturated carbocycles. The van der Waals surface area contributed by atoms with Crippen LogP contribution in [0.2, 0.25) is 0 Å². The Morgan fingerprint density at radius 3 is 2.60 bits per heavy atom. The molecule has 0 aliphatic rings. The van der Waals surface area contributed by atoms with Gasteiger partial charge < -0.3 is 5.11 Å². The summed E-state index contributed by atoms with van der Waals surface area (Å²) in [7, 11) is 0. The van der Waals surface area contributed by atoms with Gasteiger partial charge in [0.15, 0.2) is 0 Å². The van der Waals surface area contributed by atoms with Gasteiger partial charge in [0.1, 0.15) is 0 Å². The molecule has 1 N–H and O–H groups in total. The molecule has 0 unspecified atom stereocenters. The fraction of sp³-hybridized carbons (Fsp3) is 0. The molecule has 0 bridgehead atoms. The van der Waals surface area contributed by atoms with Gasteiger partial charge in [0.05, 0.1) is 5.69 Å². The standard InChI is InChI=1S/C8H5BrN4O2/c9-5-1-3-6(4-2-5)13-7(8(14)15)10-11-12-13/h1-4H,(H,14,15). The van der Waals surface area contributed by atoms with Crippen molar-refractivity contribution in [2.45, 2.75) is 0 Å². The molecule has 2 rings (SSSR count). The number of benzene rings is 1. The number of nitrogens with zero attached hydrogens (tertiary/aromatic N) is 4. The number of halogens is 1. The van der Waals surface area contributed by atoms with Crippen molar-refractivity contribution in [1.29, 1.82) is 0 Å². The van der Waals surface area contributed by atoms with Crippen LogP contribution in [0.5, 0.6) is 0 Å². The summed E-state index contributed by atoms with van der Waals surface area (Å²) in [4.78, 5) is 10.8. The molecular weight excluding hydrogens is 264 g/mol. The number of carbonyl (C=O) groups is 1. The summed E-state index contributed by atoms with van der Waals surface area (Å²) in [5.41, 5.74) is 0.598. The summed E-state index contributed by atoms with van der Waals surface area (Å²) in [5, 5.41) is 19.1. The van der Waals surface area contributed by atoms with Crippen molar-refractivity contribution in [2.75, 3.05) is 0 Å². The fourth-order valence-corrected chi connectivity index (χ4v) is 1.34. The van der Waals surface area contributed by atoms with Crippen molar-refractivity contribution >= 4 is 21.9 Å². The Hall–Kier alpha value is -1.76. The highest BCUT2D eigenvalue weighted by Crippen LogP contribution is 2.13. The fourth-order valence-electron chi connectivity index (χ4n) is 1.08. The van der Waals surface area contributed by atoms with Crippen molar-refractivity contribution in [3.8, 4) is 5.69 Å². The number of rotatable bonds is 2. The highest BCUT2D eigenvalue weighted by molar-refractivity contribution is 9.10. The molecule has 2 aromatic rings. The monoisotopic (exact) mass is 268 g/mol. The van der Waals surface area contributed by atoms with Crippen molar-refractivity contribution in [1.82, 2.24) is 20.2 Å². The largest absolute Gasteiger partial charge is 0.475 e. The first kappa shape index (κ1) is 9.78. The zero-order valence-electron chi connectivity index (χ0n) is 7.33. The number of aromatic carboxylic acids is 1. The van der Waals surface area contributed by atoms with Gasteiger partial charge in [-0.2, -0.15) is 4.68 Å². The number of hydrogen-bond acceptors (Lipinski definition) is 4. The lowest BCUT2D eigenvalue weighted by Gasteiger charge is -2.00. The van der Waals surface area contributed by atoms with Crippen LogP contribution < -0.4 is 0 Å². The lowest BCUT2D eigenvalue weighted by atomic mass is 10.3. The SMILES string of the molecule is O=C(O)c1nnnn1-c1ccc(Br)cc1. The van der Waals surface area contributed by atoms with Gasteiger partial charge in [-0.25, -0.2) is 4.79 Å².